The summed E-state index contributed by atoms with van der Waals surface area (Å²) in [5.41, 5.74) is 5.73. The second kappa shape index (κ2) is 14.6. The van der Waals surface area contributed by atoms with Crippen LogP contribution in [0.2, 0.25) is 0 Å². The highest BCUT2D eigenvalue weighted by molar-refractivity contribution is 9.10. The molecule has 8 heteroatoms. The summed E-state index contributed by atoms with van der Waals surface area (Å²) in [5, 5.41) is 1.13. The van der Waals surface area contributed by atoms with Crippen LogP contribution in [-0.4, -0.2) is 34.2 Å². The van der Waals surface area contributed by atoms with E-state index in [9.17, 15) is 4.79 Å². The van der Waals surface area contributed by atoms with Crippen LogP contribution in [0.1, 0.15) is 35.3 Å². The lowest BCUT2D eigenvalue weighted by molar-refractivity contribution is -0.119. The molecule has 1 fully saturated rings. The van der Waals surface area contributed by atoms with Gasteiger partial charge in [0.1, 0.15) is 28.8 Å². The van der Waals surface area contributed by atoms with Gasteiger partial charge in [-0.25, -0.2) is 0 Å². The van der Waals surface area contributed by atoms with E-state index in [1.165, 1.54) is 0 Å². The van der Waals surface area contributed by atoms with Crippen LogP contribution in [-0.2, 0) is 4.79 Å². The predicted molar refractivity (Wildman–Crippen MR) is 198 cm³/mol. The average Bonchev–Trinajstić information content (AvgIpc) is 3.10. The van der Waals surface area contributed by atoms with Gasteiger partial charge >= 0.3 is 0 Å². The van der Waals surface area contributed by atoms with Gasteiger partial charge in [0.2, 0.25) is 0 Å². The van der Waals surface area contributed by atoms with Crippen molar-refractivity contribution in [1.29, 1.82) is 0 Å². The smallest absolute Gasteiger partial charge is 0.134 e. The van der Waals surface area contributed by atoms with Gasteiger partial charge < -0.3 is 18.9 Å². The van der Waals surface area contributed by atoms with E-state index in [0.29, 0.717) is 35.8 Å². The molecule has 5 nitrogen and oxygen atoms in total. The van der Waals surface area contributed by atoms with Gasteiger partial charge in [-0.15, -0.1) is 0 Å². The van der Waals surface area contributed by atoms with Crippen LogP contribution >= 0.6 is 39.8 Å². The molecule has 0 aromatic heterocycles. The zero-order valence-corrected chi connectivity index (χ0v) is 30.7. The second-order valence-electron chi connectivity index (χ2n) is 11.2. The van der Waals surface area contributed by atoms with Gasteiger partial charge in [-0.3, -0.25) is 4.79 Å². The van der Waals surface area contributed by atoms with Crippen molar-refractivity contribution in [1.82, 2.24) is 0 Å². The van der Waals surface area contributed by atoms with Crippen molar-refractivity contribution in [2.75, 3.05) is 28.4 Å². The molecule has 0 amide bonds. The number of benzene rings is 5. The SMILES string of the molecule is COc1cccc(OC)c1-c1cccc(-c2c(OC)cccc2OC)c1P1C(c2ccccc2Br)CC(=O)CC1c1ccccc1Br. The number of halogens is 2. The van der Waals surface area contributed by atoms with Crippen LogP contribution in [0.5, 0.6) is 23.0 Å². The topological polar surface area (TPSA) is 54.0 Å². The first-order valence-corrected chi connectivity index (χ1v) is 18.3. The van der Waals surface area contributed by atoms with Crippen molar-refractivity contribution in [3.8, 4) is 45.3 Å². The van der Waals surface area contributed by atoms with Crippen molar-refractivity contribution >= 4 is 50.9 Å². The molecule has 240 valence electrons. The van der Waals surface area contributed by atoms with E-state index < -0.39 is 7.92 Å². The molecular formula is C39H35Br2O5P. The summed E-state index contributed by atoms with van der Waals surface area (Å²) in [6, 6.07) is 34.7. The van der Waals surface area contributed by atoms with E-state index in [2.05, 4.69) is 86.5 Å². The molecule has 5 aromatic rings. The Hall–Kier alpha value is -3.64. The zero-order chi connectivity index (χ0) is 33.1. The van der Waals surface area contributed by atoms with Crippen molar-refractivity contribution < 1.29 is 23.7 Å². The predicted octanol–water partition coefficient (Wildman–Crippen LogP) is 10.5. The van der Waals surface area contributed by atoms with Crippen molar-refractivity contribution in [3.05, 3.63) is 123 Å². The van der Waals surface area contributed by atoms with Crippen molar-refractivity contribution in [3.63, 3.8) is 0 Å². The molecule has 6 rings (SSSR count). The quantitative estimate of drug-likeness (QED) is 0.140. The number of ether oxygens (including phenoxy) is 4. The summed E-state index contributed by atoms with van der Waals surface area (Å²) in [7, 11) is 5.57. The Kier molecular flexibility index (Phi) is 10.4. The van der Waals surface area contributed by atoms with Gasteiger partial charge in [0.15, 0.2) is 0 Å². The number of carbonyl (C=O) groups is 1. The van der Waals surface area contributed by atoms with Gasteiger partial charge in [0, 0.05) is 33.1 Å². The molecule has 0 bridgehead atoms. The summed E-state index contributed by atoms with van der Waals surface area (Å²) < 4.78 is 26.0. The first-order valence-electron chi connectivity index (χ1n) is 15.3. The summed E-state index contributed by atoms with van der Waals surface area (Å²) in [4.78, 5) is 13.8. The van der Waals surface area contributed by atoms with Crippen LogP contribution in [0.3, 0.4) is 0 Å². The Labute approximate surface area is 294 Å². The Balaban J connectivity index is 1.79. The molecule has 0 saturated carbocycles. The molecule has 5 aromatic carbocycles. The standard InChI is InChI=1S/C39H35Br2O5P/c1-43-31-18-10-19-32(44-2)37(31)27-14-9-15-28(38-33(45-3)20-11-21-34(38)46-4)39(27)47-35(25-12-5-7-16-29(25)40)22-24(42)23-36(47)26-13-6-8-17-30(26)41/h5-21,35-36H,22-23H2,1-4H3. The van der Waals surface area contributed by atoms with Crippen LogP contribution in [0.25, 0.3) is 22.3 Å². The van der Waals surface area contributed by atoms with Gasteiger partial charge in [0.25, 0.3) is 0 Å². The van der Waals surface area contributed by atoms with Gasteiger partial charge in [-0.1, -0.05) is 107 Å². The number of methoxy groups -OCH3 is 4. The zero-order valence-electron chi connectivity index (χ0n) is 26.6. The fourth-order valence-corrected chi connectivity index (χ4v) is 12.0. The van der Waals surface area contributed by atoms with Gasteiger partial charge in [0.05, 0.1) is 39.6 Å². The molecule has 1 saturated heterocycles. The monoisotopic (exact) mass is 772 g/mol. The number of rotatable bonds is 9. The third kappa shape index (κ3) is 6.34. The summed E-state index contributed by atoms with van der Waals surface area (Å²) in [6.45, 7) is 0. The number of Topliss-reactive ketones (excluding diaryl/α,β-unsaturated/α-hetero) is 1. The molecule has 0 N–H and O–H groups in total. The minimum absolute atomic E-state index is 0.0970. The number of ketones is 1. The highest BCUT2D eigenvalue weighted by atomic mass is 79.9. The summed E-state index contributed by atoms with van der Waals surface area (Å²) >= 11 is 7.74. The van der Waals surface area contributed by atoms with Crippen molar-refractivity contribution in [2.45, 2.75) is 24.2 Å². The Morgan fingerprint density at radius 3 is 1.26 bits per heavy atom. The molecule has 0 radical (unpaired) electrons. The molecule has 2 unspecified atom stereocenters. The minimum Gasteiger partial charge on any atom is -0.496 e. The average molecular weight is 774 g/mol. The van der Waals surface area contributed by atoms with E-state index in [1.54, 1.807) is 28.4 Å². The van der Waals surface area contributed by atoms with Crippen LogP contribution in [0, 0.1) is 0 Å². The number of hydrogen-bond donors (Lipinski definition) is 0. The van der Waals surface area contributed by atoms with E-state index in [-0.39, 0.29) is 17.1 Å². The summed E-state index contributed by atoms with van der Waals surface area (Å²) in [5.74, 6) is 3.05. The molecule has 1 aliphatic rings. The normalized spacial score (nSPS) is 17.7. The molecule has 1 aliphatic heterocycles. The third-order valence-electron chi connectivity index (χ3n) is 8.73. The molecule has 0 spiro atoms. The lowest BCUT2D eigenvalue weighted by atomic mass is 9.96. The molecule has 2 atom stereocenters. The maximum absolute atomic E-state index is 13.8. The lowest BCUT2D eigenvalue weighted by Crippen LogP contribution is -2.26. The third-order valence-corrected chi connectivity index (χ3v) is 13.4. The molecule has 0 aliphatic carbocycles. The summed E-state index contributed by atoms with van der Waals surface area (Å²) in [6.07, 6.45) is 0.852. The van der Waals surface area contributed by atoms with Crippen molar-refractivity contribution in [2.24, 2.45) is 0 Å². The maximum Gasteiger partial charge on any atom is 0.134 e. The maximum atomic E-state index is 13.8. The van der Waals surface area contributed by atoms with Gasteiger partial charge in [-0.05, 0) is 64.0 Å². The molecule has 1 heterocycles. The fraction of sp³-hybridized carbons (Fsp3) is 0.205. The lowest BCUT2D eigenvalue weighted by Gasteiger charge is -2.42. The second-order valence-corrected chi connectivity index (χ2v) is 15.4. The Morgan fingerprint density at radius 2 is 0.894 bits per heavy atom. The van der Waals surface area contributed by atoms with Crippen LogP contribution < -0.4 is 24.3 Å². The first kappa shape index (κ1) is 33.3. The first-order chi connectivity index (χ1) is 22.9. The Morgan fingerprint density at radius 1 is 0.532 bits per heavy atom. The highest BCUT2D eigenvalue weighted by Gasteiger charge is 2.43. The number of carbonyl (C=O) groups excluding carboxylic acids is 1. The molecule has 47 heavy (non-hydrogen) atoms. The largest absolute Gasteiger partial charge is 0.496 e. The van der Waals surface area contributed by atoms with Gasteiger partial charge in [-0.2, -0.15) is 0 Å². The van der Waals surface area contributed by atoms with E-state index >= 15 is 0 Å². The van der Waals surface area contributed by atoms with Crippen LogP contribution in [0.15, 0.2) is 112 Å². The fourth-order valence-electron chi connectivity index (χ4n) is 6.71. The van der Waals surface area contributed by atoms with Crippen LogP contribution in [0.4, 0.5) is 0 Å². The highest BCUT2D eigenvalue weighted by Crippen LogP contribution is 2.69. The number of hydrogen-bond acceptors (Lipinski definition) is 5. The van der Waals surface area contributed by atoms with E-state index in [4.69, 9.17) is 18.9 Å². The van der Waals surface area contributed by atoms with E-state index in [0.717, 1.165) is 47.6 Å². The van der Waals surface area contributed by atoms with E-state index in [1.807, 2.05) is 48.5 Å². The Bertz CT molecular complexity index is 1750. The minimum atomic E-state index is -1.17. The molecular weight excluding hydrogens is 739 g/mol.